The highest BCUT2D eigenvalue weighted by Gasteiger charge is 2.36. The number of phenols is 1. The zero-order valence-corrected chi connectivity index (χ0v) is 9.49. The molecule has 1 fully saturated rings. The Hall–Kier alpha value is -1.51. The van der Waals surface area contributed by atoms with Crippen LogP contribution in [-0.2, 0) is 4.79 Å². The van der Waals surface area contributed by atoms with E-state index in [-0.39, 0.29) is 17.1 Å². The SMILES string of the molecule is CC1(C(=O)Nc2ccc(O)cc2)CCCC1. The van der Waals surface area contributed by atoms with Gasteiger partial charge in [0.2, 0.25) is 5.91 Å². The van der Waals surface area contributed by atoms with Crippen molar-refractivity contribution in [2.24, 2.45) is 5.41 Å². The van der Waals surface area contributed by atoms with Crippen molar-refractivity contribution in [3.63, 3.8) is 0 Å². The summed E-state index contributed by atoms with van der Waals surface area (Å²) < 4.78 is 0. The molecule has 86 valence electrons. The van der Waals surface area contributed by atoms with Crippen LogP contribution in [0.25, 0.3) is 0 Å². The van der Waals surface area contributed by atoms with Gasteiger partial charge in [-0.15, -0.1) is 0 Å². The molecular weight excluding hydrogens is 202 g/mol. The van der Waals surface area contributed by atoms with Gasteiger partial charge in [-0.3, -0.25) is 4.79 Å². The number of nitrogens with one attached hydrogen (secondary N) is 1. The summed E-state index contributed by atoms with van der Waals surface area (Å²) in [4.78, 5) is 12.0. The molecule has 1 amide bonds. The minimum atomic E-state index is -0.210. The molecule has 0 heterocycles. The molecule has 0 spiro atoms. The lowest BCUT2D eigenvalue weighted by atomic mass is 9.88. The van der Waals surface area contributed by atoms with Gasteiger partial charge in [-0.2, -0.15) is 0 Å². The van der Waals surface area contributed by atoms with E-state index in [1.165, 1.54) is 0 Å². The minimum Gasteiger partial charge on any atom is -0.508 e. The third kappa shape index (κ3) is 2.18. The fourth-order valence-electron chi connectivity index (χ4n) is 2.21. The average molecular weight is 219 g/mol. The number of phenolic OH excluding ortho intramolecular Hbond substituents is 1. The monoisotopic (exact) mass is 219 g/mol. The highest BCUT2D eigenvalue weighted by atomic mass is 16.3. The molecule has 0 radical (unpaired) electrons. The van der Waals surface area contributed by atoms with Crippen molar-refractivity contribution in [2.45, 2.75) is 32.6 Å². The molecule has 0 unspecified atom stereocenters. The van der Waals surface area contributed by atoms with Crippen LogP contribution in [0.15, 0.2) is 24.3 Å². The molecule has 3 nitrogen and oxygen atoms in total. The Morgan fingerprint density at radius 2 is 1.81 bits per heavy atom. The van der Waals surface area contributed by atoms with E-state index in [4.69, 9.17) is 5.11 Å². The molecule has 0 aliphatic heterocycles. The summed E-state index contributed by atoms with van der Waals surface area (Å²) in [7, 11) is 0. The summed E-state index contributed by atoms with van der Waals surface area (Å²) in [5.41, 5.74) is 0.536. The summed E-state index contributed by atoms with van der Waals surface area (Å²) in [6.07, 6.45) is 4.22. The third-order valence-corrected chi connectivity index (χ3v) is 3.38. The zero-order valence-electron chi connectivity index (χ0n) is 9.49. The van der Waals surface area contributed by atoms with E-state index in [1.54, 1.807) is 24.3 Å². The predicted octanol–water partition coefficient (Wildman–Crippen LogP) is 2.91. The lowest BCUT2D eigenvalue weighted by Gasteiger charge is -2.22. The third-order valence-electron chi connectivity index (χ3n) is 3.38. The number of hydrogen-bond donors (Lipinski definition) is 2. The number of anilines is 1. The van der Waals surface area contributed by atoms with Gasteiger partial charge in [0.15, 0.2) is 0 Å². The molecule has 1 aromatic carbocycles. The molecule has 1 aliphatic rings. The lowest BCUT2D eigenvalue weighted by molar-refractivity contribution is -0.124. The molecule has 1 saturated carbocycles. The quantitative estimate of drug-likeness (QED) is 0.751. The number of carbonyl (C=O) groups is 1. The van der Waals surface area contributed by atoms with Gasteiger partial charge in [-0.05, 0) is 37.1 Å². The van der Waals surface area contributed by atoms with Crippen LogP contribution in [0.3, 0.4) is 0 Å². The zero-order chi connectivity index (χ0) is 11.6. The number of carbonyl (C=O) groups excluding carboxylic acids is 1. The van der Waals surface area contributed by atoms with Gasteiger partial charge < -0.3 is 10.4 Å². The van der Waals surface area contributed by atoms with E-state index in [2.05, 4.69) is 5.32 Å². The van der Waals surface area contributed by atoms with Crippen LogP contribution in [0.2, 0.25) is 0 Å². The topological polar surface area (TPSA) is 49.3 Å². The van der Waals surface area contributed by atoms with E-state index in [1.807, 2.05) is 6.92 Å². The first-order valence-corrected chi connectivity index (χ1v) is 5.71. The van der Waals surface area contributed by atoms with Crippen LogP contribution in [0.1, 0.15) is 32.6 Å². The predicted molar refractivity (Wildman–Crippen MR) is 63.3 cm³/mol. The number of hydrogen-bond acceptors (Lipinski definition) is 2. The number of benzene rings is 1. The van der Waals surface area contributed by atoms with Gasteiger partial charge in [0.1, 0.15) is 5.75 Å². The molecule has 0 saturated heterocycles. The van der Waals surface area contributed by atoms with Crippen LogP contribution in [0.4, 0.5) is 5.69 Å². The molecule has 3 heteroatoms. The summed E-state index contributed by atoms with van der Waals surface area (Å²) >= 11 is 0. The highest BCUT2D eigenvalue weighted by Crippen LogP contribution is 2.38. The first-order valence-electron chi connectivity index (χ1n) is 5.71. The standard InChI is InChI=1S/C13H17NO2/c1-13(8-2-3-9-13)12(16)14-10-4-6-11(15)7-5-10/h4-7,15H,2-3,8-9H2,1H3,(H,14,16). The smallest absolute Gasteiger partial charge is 0.230 e. The molecule has 0 atom stereocenters. The van der Waals surface area contributed by atoms with E-state index in [0.717, 1.165) is 31.4 Å². The van der Waals surface area contributed by atoms with E-state index in [9.17, 15) is 4.79 Å². The van der Waals surface area contributed by atoms with Crippen molar-refractivity contribution >= 4 is 11.6 Å². The first-order chi connectivity index (χ1) is 7.60. The Kier molecular flexibility index (Phi) is 2.86. The second kappa shape index (κ2) is 4.16. The highest BCUT2D eigenvalue weighted by molar-refractivity contribution is 5.95. The first kappa shape index (κ1) is 11.0. The molecule has 1 aromatic rings. The second-order valence-corrected chi connectivity index (χ2v) is 4.77. The summed E-state index contributed by atoms with van der Waals surface area (Å²) in [6, 6.07) is 6.58. The maximum absolute atomic E-state index is 12.0. The van der Waals surface area contributed by atoms with Crippen molar-refractivity contribution in [1.82, 2.24) is 0 Å². The normalized spacial score (nSPS) is 18.3. The van der Waals surface area contributed by atoms with Crippen molar-refractivity contribution in [3.8, 4) is 5.75 Å². The number of amides is 1. The van der Waals surface area contributed by atoms with Gasteiger partial charge in [-0.1, -0.05) is 19.8 Å². The van der Waals surface area contributed by atoms with Crippen molar-refractivity contribution < 1.29 is 9.90 Å². The second-order valence-electron chi connectivity index (χ2n) is 4.77. The van der Waals surface area contributed by atoms with Gasteiger partial charge >= 0.3 is 0 Å². The fraction of sp³-hybridized carbons (Fsp3) is 0.462. The molecular formula is C13H17NO2. The number of aromatic hydroxyl groups is 1. The van der Waals surface area contributed by atoms with E-state index >= 15 is 0 Å². The van der Waals surface area contributed by atoms with Crippen LogP contribution < -0.4 is 5.32 Å². The summed E-state index contributed by atoms with van der Waals surface area (Å²) in [5, 5.41) is 12.0. The Labute approximate surface area is 95.5 Å². The Balaban J connectivity index is 2.04. The molecule has 2 N–H and O–H groups in total. The van der Waals surface area contributed by atoms with Crippen molar-refractivity contribution in [2.75, 3.05) is 5.32 Å². The van der Waals surface area contributed by atoms with Crippen molar-refractivity contribution in [3.05, 3.63) is 24.3 Å². The maximum atomic E-state index is 12.0. The average Bonchev–Trinajstić information content (AvgIpc) is 2.70. The van der Waals surface area contributed by atoms with Gasteiger partial charge in [0, 0.05) is 11.1 Å². The van der Waals surface area contributed by atoms with Gasteiger partial charge in [0.05, 0.1) is 0 Å². The Bertz CT molecular complexity index is 377. The Morgan fingerprint density at radius 1 is 1.25 bits per heavy atom. The number of rotatable bonds is 2. The lowest BCUT2D eigenvalue weighted by Crippen LogP contribution is -2.30. The van der Waals surface area contributed by atoms with Crippen molar-refractivity contribution in [1.29, 1.82) is 0 Å². The maximum Gasteiger partial charge on any atom is 0.230 e. The molecule has 0 aromatic heterocycles. The molecule has 1 aliphatic carbocycles. The van der Waals surface area contributed by atoms with E-state index in [0.29, 0.717) is 0 Å². The van der Waals surface area contributed by atoms with Crippen LogP contribution in [0, 0.1) is 5.41 Å². The summed E-state index contributed by atoms with van der Waals surface area (Å²) in [5.74, 6) is 0.306. The molecule has 2 rings (SSSR count). The summed E-state index contributed by atoms with van der Waals surface area (Å²) in [6.45, 7) is 2.02. The van der Waals surface area contributed by atoms with Gasteiger partial charge in [0.25, 0.3) is 0 Å². The van der Waals surface area contributed by atoms with E-state index < -0.39 is 0 Å². The van der Waals surface area contributed by atoms with Gasteiger partial charge in [-0.25, -0.2) is 0 Å². The van der Waals surface area contributed by atoms with Crippen LogP contribution >= 0.6 is 0 Å². The fourth-order valence-corrected chi connectivity index (χ4v) is 2.21. The largest absolute Gasteiger partial charge is 0.508 e. The van der Waals surface area contributed by atoms with Crippen LogP contribution in [0.5, 0.6) is 5.75 Å². The molecule has 0 bridgehead atoms. The van der Waals surface area contributed by atoms with Crippen LogP contribution in [-0.4, -0.2) is 11.0 Å². The minimum absolute atomic E-state index is 0.0932. The molecule has 16 heavy (non-hydrogen) atoms. The Morgan fingerprint density at radius 3 is 2.38 bits per heavy atom.